The highest BCUT2D eigenvalue weighted by Gasteiger charge is 2.03. The van der Waals surface area contributed by atoms with Crippen molar-refractivity contribution in [2.45, 2.75) is 25.0 Å². The van der Waals surface area contributed by atoms with E-state index in [1.165, 1.54) is 0 Å². The summed E-state index contributed by atoms with van der Waals surface area (Å²) in [5, 5.41) is 4.46. The molecule has 0 saturated carbocycles. The number of hydrogen-bond donors (Lipinski definition) is 1. The number of nitrogens with one attached hydrogen (secondary N) is 1. The van der Waals surface area contributed by atoms with Gasteiger partial charge in [-0.1, -0.05) is 18.7 Å². The highest BCUT2D eigenvalue weighted by Crippen LogP contribution is 2.14. The average molecular weight is 199 g/mol. The van der Waals surface area contributed by atoms with E-state index in [1.807, 2.05) is 24.0 Å². The Morgan fingerprint density at radius 1 is 1.69 bits per heavy atom. The zero-order valence-corrected chi connectivity index (χ0v) is 9.27. The largest absolute Gasteiger partial charge is 0.329 e. The Morgan fingerprint density at radius 3 is 3.00 bits per heavy atom. The molecule has 1 atom stereocenters. The Balaban J connectivity index is 2.30. The normalized spacial score (nSPS) is 13.2. The quantitative estimate of drug-likeness (QED) is 0.729. The lowest BCUT2D eigenvalue weighted by Gasteiger charge is -2.10. The Kier molecular flexibility index (Phi) is 4.32. The van der Waals surface area contributed by atoms with E-state index >= 15 is 0 Å². The van der Waals surface area contributed by atoms with E-state index in [2.05, 4.69) is 24.1 Å². The SMILES string of the molecule is CCNC(C)CSc1nccn1C. The summed E-state index contributed by atoms with van der Waals surface area (Å²) in [6.07, 6.45) is 3.81. The smallest absolute Gasteiger partial charge is 0.167 e. The van der Waals surface area contributed by atoms with Crippen molar-refractivity contribution in [1.29, 1.82) is 0 Å². The van der Waals surface area contributed by atoms with Gasteiger partial charge in [0.15, 0.2) is 5.16 Å². The Hall–Kier alpha value is -0.480. The fraction of sp³-hybridized carbons (Fsp3) is 0.667. The molecule has 0 fully saturated rings. The molecule has 0 radical (unpaired) electrons. The molecule has 1 rings (SSSR count). The van der Waals surface area contributed by atoms with Crippen LogP contribution in [0.1, 0.15) is 13.8 Å². The summed E-state index contributed by atoms with van der Waals surface area (Å²) in [5.74, 6) is 1.07. The number of hydrogen-bond acceptors (Lipinski definition) is 3. The molecule has 0 amide bonds. The van der Waals surface area contributed by atoms with Gasteiger partial charge < -0.3 is 9.88 Å². The summed E-state index contributed by atoms with van der Waals surface area (Å²) in [6.45, 7) is 5.35. The van der Waals surface area contributed by atoms with Gasteiger partial charge in [-0.05, 0) is 13.5 Å². The average Bonchev–Trinajstić information content (AvgIpc) is 2.48. The van der Waals surface area contributed by atoms with Crippen molar-refractivity contribution in [2.24, 2.45) is 7.05 Å². The van der Waals surface area contributed by atoms with Crippen LogP contribution in [-0.2, 0) is 7.05 Å². The predicted octanol–water partition coefficient (Wildman–Crippen LogP) is 1.51. The summed E-state index contributed by atoms with van der Waals surface area (Å²) >= 11 is 1.79. The maximum Gasteiger partial charge on any atom is 0.167 e. The van der Waals surface area contributed by atoms with Gasteiger partial charge in [0.1, 0.15) is 0 Å². The molecule has 1 heterocycles. The van der Waals surface area contributed by atoms with Gasteiger partial charge >= 0.3 is 0 Å². The number of nitrogens with zero attached hydrogens (tertiary/aromatic N) is 2. The second kappa shape index (κ2) is 5.29. The number of rotatable bonds is 5. The molecule has 1 unspecified atom stereocenters. The molecule has 1 aromatic heterocycles. The molecule has 0 saturated heterocycles. The van der Waals surface area contributed by atoms with Crippen LogP contribution in [0.3, 0.4) is 0 Å². The molecule has 0 aliphatic heterocycles. The summed E-state index contributed by atoms with van der Waals surface area (Å²) in [4.78, 5) is 4.25. The van der Waals surface area contributed by atoms with Gasteiger partial charge in [-0.2, -0.15) is 0 Å². The number of aryl methyl sites for hydroxylation is 1. The maximum atomic E-state index is 4.25. The van der Waals surface area contributed by atoms with Crippen LogP contribution in [0.2, 0.25) is 0 Å². The monoisotopic (exact) mass is 199 g/mol. The van der Waals surface area contributed by atoms with Crippen molar-refractivity contribution in [1.82, 2.24) is 14.9 Å². The van der Waals surface area contributed by atoms with Gasteiger partial charge in [-0.25, -0.2) is 4.98 Å². The van der Waals surface area contributed by atoms with Crippen molar-refractivity contribution >= 4 is 11.8 Å². The van der Waals surface area contributed by atoms with Gasteiger partial charge in [0.25, 0.3) is 0 Å². The van der Waals surface area contributed by atoms with Crippen LogP contribution in [0.15, 0.2) is 17.6 Å². The van der Waals surface area contributed by atoms with Crippen LogP contribution in [0.5, 0.6) is 0 Å². The summed E-state index contributed by atoms with van der Waals surface area (Å²) in [7, 11) is 2.02. The summed E-state index contributed by atoms with van der Waals surface area (Å²) in [5.41, 5.74) is 0. The first-order valence-electron chi connectivity index (χ1n) is 4.57. The van der Waals surface area contributed by atoms with E-state index in [0.717, 1.165) is 17.5 Å². The predicted molar refractivity (Wildman–Crippen MR) is 57.1 cm³/mol. The van der Waals surface area contributed by atoms with Crippen LogP contribution in [0, 0.1) is 0 Å². The minimum Gasteiger partial charge on any atom is -0.329 e. The molecular weight excluding hydrogens is 182 g/mol. The zero-order valence-electron chi connectivity index (χ0n) is 8.45. The third-order valence-electron chi connectivity index (χ3n) is 1.79. The number of aromatic nitrogens is 2. The third kappa shape index (κ3) is 3.40. The van der Waals surface area contributed by atoms with Crippen molar-refractivity contribution < 1.29 is 0 Å². The first-order valence-corrected chi connectivity index (χ1v) is 5.56. The first kappa shape index (κ1) is 10.6. The van der Waals surface area contributed by atoms with Crippen LogP contribution < -0.4 is 5.32 Å². The lowest BCUT2D eigenvalue weighted by atomic mass is 10.4. The van der Waals surface area contributed by atoms with E-state index in [0.29, 0.717) is 6.04 Å². The molecule has 1 aromatic rings. The molecule has 3 nitrogen and oxygen atoms in total. The van der Waals surface area contributed by atoms with Gasteiger partial charge in [-0.15, -0.1) is 0 Å². The van der Waals surface area contributed by atoms with E-state index in [9.17, 15) is 0 Å². The van der Waals surface area contributed by atoms with Crippen molar-refractivity contribution in [2.75, 3.05) is 12.3 Å². The van der Waals surface area contributed by atoms with Crippen LogP contribution in [0.25, 0.3) is 0 Å². The molecular formula is C9H17N3S. The second-order valence-electron chi connectivity index (χ2n) is 3.09. The molecule has 74 valence electrons. The number of imidazole rings is 1. The molecule has 1 N–H and O–H groups in total. The minimum absolute atomic E-state index is 0.548. The highest BCUT2D eigenvalue weighted by atomic mass is 32.2. The highest BCUT2D eigenvalue weighted by molar-refractivity contribution is 7.99. The molecule has 0 spiro atoms. The van der Waals surface area contributed by atoms with Gasteiger partial charge in [0.2, 0.25) is 0 Å². The van der Waals surface area contributed by atoms with Crippen LogP contribution >= 0.6 is 11.8 Å². The molecule has 0 bridgehead atoms. The Morgan fingerprint density at radius 2 is 2.46 bits per heavy atom. The van der Waals surface area contributed by atoms with Crippen molar-refractivity contribution in [3.8, 4) is 0 Å². The standard InChI is InChI=1S/C9H17N3S/c1-4-10-8(2)7-13-9-11-5-6-12(9)3/h5-6,8,10H,4,7H2,1-3H3. The topological polar surface area (TPSA) is 29.9 Å². The second-order valence-corrected chi connectivity index (χ2v) is 4.08. The lowest BCUT2D eigenvalue weighted by molar-refractivity contribution is 0.619. The fourth-order valence-corrected chi connectivity index (χ4v) is 2.01. The first-order chi connectivity index (χ1) is 6.24. The van der Waals surface area contributed by atoms with Crippen molar-refractivity contribution in [3.05, 3.63) is 12.4 Å². The summed E-state index contributed by atoms with van der Waals surface area (Å²) < 4.78 is 2.04. The van der Waals surface area contributed by atoms with E-state index in [1.54, 1.807) is 11.8 Å². The van der Waals surface area contributed by atoms with E-state index < -0.39 is 0 Å². The van der Waals surface area contributed by atoms with Gasteiger partial charge in [0, 0.05) is 31.2 Å². The van der Waals surface area contributed by atoms with E-state index in [4.69, 9.17) is 0 Å². The van der Waals surface area contributed by atoms with Crippen molar-refractivity contribution in [3.63, 3.8) is 0 Å². The van der Waals surface area contributed by atoms with Crippen LogP contribution in [0.4, 0.5) is 0 Å². The van der Waals surface area contributed by atoms with E-state index in [-0.39, 0.29) is 0 Å². The molecule has 0 aromatic carbocycles. The molecule has 0 aliphatic rings. The van der Waals surface area contributed by atoms with Crippen LogP contribution in [-0.4, -0.2) is 27.9 Å². The Bertz CT molecular complexity index is 247. The fourth-order valence-electron chi connectivity index (χ4n) is 1.10. The maximum absolute atomic E-state index is 4.25. The zero-order chi connectivity index (χ0) is 9.68. The molecule has 4 heteroatoms. The minimum atomic E-state index is 0.548. The molecule has 13 heavy (non-hydrogen) atoms. The van der Waals surface area contributed by atoms with Gasteiger partial charge in [-0.3, -0.25) is 0 Å². The summed E-state index contributed by atoms with van der Waals surface area (Å²) in [6, 6.07) is 0.548. The Labute approximate surface area is 83.9 Å². The lowest BCUT2D eigenvalue weighted by Crippen LogP contribution is -2.27. The molecule has 0 aliphatic carbocycles. The third-order valence-corrected chi connectivity index (χ3v) is 3.11. The van der Waals surface area contributed by atoms with Gasteiger partial charge in [0.05, 0.1) is 0 Å². The number of thioether (sulfide) groups is 1.